The molecule has 0 fully saturated rings. The Labute approximate surface area is 76.7 Å². The van der Waals surface area contributed by atoms with Crippen molar-refractivity contribution < 1.29 is 8.42 Å². The van der Waals surface area contributed by atoms with Gasteiger partial charge < -0.3 is 0 Å². The van der Waals surface area contributed by atoms with Crippen LogP contribution in [0.15, 0.2) is 0 Å². The second-order valence-electron chi connectivity index (χ2n) is 2.26. The molecule has 0 amide bonds. The molecular formula is C6H14BrNO2S. The predicted molar refractivity (Wildman–Crippen MR) is 50.5 cm³/mol. The smallest absolute Gasteiger partial charge is 0.211 e. The average Bonchev–Trinajstić information content (AvgIpc) is 1.87. The van der Waals surface area contributed by atoms with E-state index in [0.29, 0.717) is 13.0 Å². The molecule has 0 aromatic heterocycles. The molecule has 0 heterocycles. The molecule has 1 N–H and O–H groups in total. The first kappa shape index (κ1) is 11.4. The summed E-state index contributed by atoms with van der Waals surface area (Å²) in [6, 6.07) is 0. The van der Waals surface area contributed by atoms with Gasteiger partial charge in [0.05, 0.1) is 5.75 Å². The Morgan fingerprint density at radius 1 is 1.45 bits per heavy atom. The third kappa shape index (κ3) is 6.77. The van der Waals surface area contributed by atoms with E-state index in [1.165, 1.54) is 0 Å². The molecular weight excluding hydrogens is 230 g/mol. The number of nitrogens with one attached hydrogen (secondary N) is 1. The van der Waals surface area contributed by atoms with Gasteiger partial charge in [-0.25, -0.2) is 13.1 Å². The van der Waals surface area contributed by atoms with Crippen LogP contribution in [0.1, 0.15) is 19.8 Å². The monoisotopic (exact) mass is 243 g/mol. The van der Waals surface area contributed by atoms with Crippen LogP contribution in [0.25, 0.3) is 0 Å². The molecule has 0 saturated heterocycles. The van der Waals surface area contributed by atoms with Crippen LogP contribution in [0.5, 0.6) is 0 Å². The van der Waals surface area contributed by atoms with Crippen molar-refractivity contribution in [1.29, 1.82) is 0 Å². The van der Waals surface area contributed by atoms with Gasteiger partial charge in [0, 0.05) is 11.9 Å². The molecule has 68 valence electrons. The first-order valence-electron chi connectivity index (χ1n) is 3.65. The number of halogens is 1. The fourth-order valence-electron chi connectivity index (χ4n) is 0.635. The number of rotatable bonds is 6. The highest BCUT2D eigenvalue weighted by Gasteiger charge is 2.05. The predicted octanol–water partition coefficient (Wildman–Crippen LogP) is 1.10. The highest BCUT2D eigenvalue weighted by atomic mass is 79.9. The summed E-state index contributed by atoms with van der Waals surface area (Å²) < 4.78 is 24.5. The van der Waals surface area contributed by atoms with E-state index >= 15 is 0 Å². The van der Waals surface area contributed by atoms with Crippen molar-refractivity contribution >= 4 is 26.0 Å². The number of hydrogen-bond donors (Lipinski definition) is 1. The fraction of sp³-hybridized carbons (Fsp3) is 1.00. The van der Waals surface area contributed by atoms with Crippen LogP contribution >= 0.6 is 15.9 Å². The molecule has 0 aliphatic heterocycles. The van der Waals surface area contributed by atoms with Gasteiger partial charge in [0.2, 0.25) is 10.0 Å². The van der Waals surface area contributed by atoms with Crippen molar-refractivity contribution in [1.82, 2.24) is 4.72 Å². The standard InChI is InChI=1S/C6H14BrNO2S/c1-2-6-11(9,10)8-5-3-4-7/h8H,2-6H2,1H3. The van der Waals surface area contributed by atoms with Crippen LogP contribution in [0.2, 0.25) is 0 Å². The molecule has 0 saturated carbocycles. The van der Waals surface area contributed by atoms with Gasteiger partial charge in [-0.15, -0.1) is 0 Å². The molecule has 11 heavy (non-hydrogen) atoms. The number of sulfonamides is 1. The van der Waals surface area contributed by atoms with E-state index in [1.807, 2.05) is 6.92 Å². The Hall–Kier alpha value is 0.390. The molecule has 3 nitrogen and oxygen atoms in total. The maximum absolute atomic E-state index is 11.0. The maximum Gasteiger partial charge on any atom is 0.211 e. The van der Waals surface area contributed by atoms with Crippen LogP contribution in [0.3, 0.4) is 0 Å². The minimum atomic E-state index is -2.97. The fourth-order valence-corrected chi connectivity index (χ4v) is 2.05. The highest BCUT2D eigenvalue weighted by molar-refractivity contribution is 9.09. The molecule has 0 aliphatic rings. The van der Waals surface area contributed by atoms with Gasteiger partial charge >= 0.3 is 0 Å². The summed E-state index contributed by atoms with van der Waals surface area (Å²) in [7, 11) is -2.97. The van der Waals surface area contributed by atoms with E-state index in [-0.39, 0.29) is 5.75 Å². The lowest BCUT2D eigenvalue weighted by molar-refractivity contribution is 0.580. The molecule has 0 aromatic rings. The lowest BCUT2D eigenvalue weighted by Gasteiger charge is -2.02. The molecule has 0 unspecified atom stereocenters. The Kier molecular flexibility index (Phi) is 6.18. The molecule has 5 heteroatoms. The van der Waals surface area contributed by atoms with Crippen LogP contribution in [-0.4, -0.2) is 26.0 Å². The van der Waals surface area contributed by atoms with Gasteiger partial charge in [-0.1, -0.05) is 22.9 Å². The second kappa shape index (κ2) is 5.97. The molecule has 0 spiro atoms. The number of alkyl halides is 1. The third-order valence-electron chi connectivity index (χ3n) is 1.11. The van der Waals surface area contributed by atoms with Crippen LogP contribution in [0, 0.1) is 0 Å². The van der Waals surface area contributed by atoms with Gasteiger partial charge in [-0.2, -0.15) is 0 Å². The summed E-state index contributed by atoms with van der Waals surface area (Å²) in [4.78, 5) is 0. The van der Waals surface area contributed by atoms with Gasteiger partial charge in [-0.05, 0) is 12.8 Å². The van der Waals surface area contributed by atoms with Crippen molar-refractivity contribution in [3.8, 4) is 0 Å². The van der Waals surface area contributed by atoms with E-state index in [4.69, 9.17) is 0 Å². The van der Waals surface area contributed by atoms with Gasteiger partial charge in [0.1, 0.15) is 0 Å². The van der Waals surface area contributed by atoms with E-state index in [1.54, 1.807) is 0 Å². The van der Waals surface area contributed by atoms with Crippen molar-refractivity contribution in [2.24, 2.45) is 0 Å². The first-order chi connectivity index (χ1) is 5.12. The van der Waals surface area contributed by atoms with Crippen molar-refractivity contribution in [3.63, 3.8) is 0 Å². The molecule has 0 atom stereocenters. The maximum atomic E-state index is 11.0. The number of hydrogen-bond acceptors (Lipinski definition) is 2. The molecule has 0 bridgehead atoms. The van der Waals surface area contributed by atoms with Gasteiger partial charge in [-0.3, -0.25) is 0 Å². The van der Waals surface area contributed by atoms with Crippen LogP contribution in [-0.2, 0) is 10.0 Å². The SMILES string of the molecule is CCCS(=O)(=O)NCCCBr. The average molecular weight is 244 g/mol. The normalized spacial score (nSPS) is 11.8. The van der Waals surface area contributed by atoms with E-state index in [9.17, 15) is 8.42 Å². The Balaban J connectivity index is 3.56. The van der Waals surface area contributed by atoms with Crippen molar-refractivity contribution in [2.45, 2.75) is 19.8 Å². The van der Waals surface area contributed by atoms with Crippen molar-refractivity contribution in [3.05, 3.63) is 0 Å². The topological polar surface area (TPSA) is 46.2 Å². The van der Waals surface area contributed by atoms with Crippen LogP contribution in [0.4, 0.5) is 0 Å². The Morgan fingerprint density at radius 2 is 2.09 bits per heavy atom. The third-order valence-corrected chi connectivity index (χ3v) is 3.26. The van der Waals surface area contributed by atoms with E-state index in [0.717, 1.165) is 11.8 Å². The molecule has 0 aromatic carbocycles. The molecule has 0 radical (unpaired) electrons. The highest BCUT2D eigenvalue weighted by Crippen LogP contribution is 1.90. The summed E-state index contributed by atoms with van der Waals surface area (Å²) in [5.41, 5.74) is 0. The molecule has 0 rings (SSSR count). The summed E-state index contributed by atoms with van der Waals surface area (Å²) in [5.74, 6) is 0.231. The first-order valence-corrected chi connectivity index (χ1v) is 6.43. The minimum absolute atomic E-state index is 0.231. The lowest BCUT2D eigenvalue weighted by atomic mass is 10.5. The van der Waals surface area contributed by atoms with Crippen LogP contribution < -0.4 is 4.72 Å². The zero-order chi connectivity index (χ0) is 8.74. The minimum Gasteiger partial charge on any atom is -0.215 e. The zero-order valence-corrected chi connectivity index (χ0v) is 9.04. The Morgan fingerprint density at radius 3 is 2.55 bits per heavy atom. The van der Waals surface area contributed by atoms with Gasteiger partial charge in [0.15, 0.2) is 0 Å². The van der Waals surface area contributed by atoms with E-state index in [2.05, 4.69) is 20.7 Å². The Bertz CT molecular complexity index is 179. The largest absolute Gasteiger partial charge is 0.215 e. The second-order valence-corrected chi connectivity index (χ2v) is 4.98. The summed E-state index contributed by atoms with van der Waals surface area (Å²) in [6.45, 7) is 2.39. The zero-order valence-electron chi connectivity index (χ0n) is 6.64. The lowest BCUT2D eigenvalue weighted by Crippen LogP contribution is -2.27. The van der Waals surface area contributed by atoms with E-state index < -0.39 is 10.0 Å². The summed E-state index contributed by atoms with van der Waals surface area (Å²) >= 11 is 3.22. The quantitative estimate of drug-likeness (QED) is 0.561. The van der Waals surface area contributed by atoms with Crippen molar-refractivity contribution in [2.75, 3.05) is 17.6 Å². The van der Waals surface area contributed by atoms with Gasteiger partial charge in [0.25, 0.3) is 0 Å². The summed E-state index contributed by atoms with van der Waals surface area (Å²) in [6.07, 6.45) is 1.51. The molecule has 0 aliphatic carbocycles. The summed E-state index contributed by atoms with van der Waals surface area (Å²) in [5, 5.41) is 0.835.